The van der Waals surface area contributed by atoms with Gasteiger partial charge >= 0.3 is 12.0 Å². The fraction of sp³-hybridized carbons (Fsp3) is 0.158. The zero-order valence-electron chi connectivity index (χ0n) is 14.6. The van der Waals surface area contributed by atoms with Gasteiger partial charge < -0.3 is 20.8 Å². The molecule has 1 heterocycles. The van der Waals surface area contributed by atoms with Gasteiger partial charge in [0.05, 0.1) is 16.5 Å². The van der Waals surface area contributed by atoms with Gasteiger partial charge in [-0.25, -0.2) is 14.6 Å². The number of nitrogens with zero attached hydrogens (tertiary/aromatic N) is 1. The van der Waals surface area contributed by atoms with E-state index in [0.717, 1.165) is 5.56 Å². The molecule has 0 aliphatic carbocycles. The Morgan fingerprint density at radius 3 is 2.59 bits per heavy atom. The molecule has 4 N–H and O–H groups in total. The van der Waals surface area contributed by atoms with Crippen molar-refractivity contribution in [3.63, 3.8) is 0 Å². The molecule has 138 valence electrons. The molecule has 0 fully saturated rings. The van der Waals surface area contributed by atoms with E-state index in [2.05, 4.69) is 15.3 Å². The molecule has 3 aromatic rings. The van der Waals surface area contributed by atoms with E-state index in [1.807, 2.05) is 0 Å². The third kappa shape index (κ3) is 4.30. The Morgan fingerprint density at radius 2 is 1.89 bits per heavy atom. The number of amides is 2. The number of rotatable bonds is 5. The van der Waals surface area contributed by atoms with Crippen LogP contribution in [0.4, 0.5) is 4.79 Å². The minimum absolute atomic E-state index is 0.267. The lowest BCUT2D eigenvalue weighted by Gasteiger charge is -2.13. The molecule has 1 atom stereocenters. The predicted molar refractivity (Wildman–Crippen MR) is 99.1 cm³/mol. The Bertz CT molecular complexity index is 1040. The van der Waals surface area contributed by atoms with Gasteiger partial charge in [0, 0.05) is 6.54 Å². The van der Waals surface area contributed by atoms with E-state index >= 15 is 0 Å². The normalized spacial score (nSPS) is 11.7. The zero-order valence-corrected chi connectivity index (χ0v) is 14.6. The number of hydrogen-bond donors (Lipinski definition) is 3. The molecule has 3 rings (SSSR count). The number of ether oxygens (including phenoxy) is 1. The smallest absolute Gasteiger partial charge is 0.338 e. The Kier molecular flexibility index (Phi) is 5.16. The summed E-state index contributed by atoms with van der Waals surface area (Å²) in [6, 6.07) is 12.9. The number of primary amides is 1. The van der Waals surface area contributed by atoms with Crippen molar-refractivity contribution in [2.45, 2.75) is 19.6 Å². The molecule has 2 aromatic carbocycles. The van der Waals surface area contributed by atoms with Gasteiger partial charge in [0.1, 0.15) is 0 Å². The second kappa shape index (κ2) is 7.69. The summed E-state index contributed by atoms with van der Waals surface area (Å²) < 4.78 is 5.40. The Hall–Kier alpha value is -3.68. The van der Waals surface area contributed by atoms with Crippen LogP contribution < -0.4 is 16.6 Å². The first-order chi connectivity index (χ1) is 12.9. The SMILES string of the molecule is C[C@H](OC(=O)c1ccc(CNC(N)=O)cc1)c1nc2ccccc2c(=O)[nH]1. The largest absolute Gasteiger partial charge is 0.451 e. The average molecular weight is 366 g/mol. The third-order valence-electron chi connectivity index (χ3n) is 3.96. The molecule has 0 radical (unpaired) electrons. The molecular formula is C19H18N4O4. The number of aromatic amines is 1. The number of para-hydroxylation sites is 1. The lowest BCUT2D eigenvalue weighted by molar-refractivity contribution is 0.0320. The molecule has 0 saturated carbocycles. The first-order valence-electron chi connectivity index (χ1n) is 8.26. The number of carbonyl (C=O) groups excluding carboxylic acids is 2. The molecule has 8 heteroatoms. The van der Waals surface area contributed by atoms with Crippen LogP contribution in [-0.4, -0.2) is 22.0 Å². The second-order valence-corrected chi connectivity index (χ2v) is 5.93. The van der Waals surface area contributed by atoms with Crippen molar-refractivity contribution in [3.8, 4) is 0 Å². The number of nitrogens with two attached hydrogens (primary N) is 1. The molecule has 0 bridgehead atoms. The van der Waals surface area contributed by atoms with Gasteiger partial charge in [-0.05, 0) is 36.8 Å². The van der Waals surface area contributed by atoms with Gasteiger partial charge in [0.15, 0.2) is 11.9 Å². The summed E-state index contributed by atoms with van der Waals surface area (Å²) in [7, 11) is 0. The highest BCUT2D eigenvalue weighted by atomic mass is 16.5. The number of urea groups is 1. The minimum atomic E-state index is -0.731. The van der Waals surface area contributed by atoms with Gasteiger partial charge in [-0.1, -0.05) is 24.3 Å². The lowest BCUT2D eigenvalue weighted by atomic mass is 10.1. The fourth-order valence-corrected chi connectivity index (χ4v) is 2.53. The van der Waals surface area contributed by atoms with Crippen LogP contribution in [0, 0.1) is 0 Å². The maximum atomic E-state index is 12.3. The fourth-order valence-electron chi connectivity index (χ4n) is 2.53. The van der Waals surface area contributed by atoms with Gasteiger partial charge in [-0.3, -0.25) is 4.79 Å². The minimum Gasteiger partial charge on any atom is -0.451 e. The van der Waals surface area contributed by atoms with Gasteiger partial charge in [-0.2, -0.15) is 0 Å². The van der Waals surface area contributed by atoms with Gasteiger partial charge in [0.2, 0.25) is 0 Å². The van der Waals surface area contributed by atoms with E-state index in [-0.39, 0.29) is 17.9 Å². The van der Waals surface area contributed by atoms with Crippen molar-refractivity contribution in [1.82, 2.24) is 15.3 Å². The summed E-state index contributed by atoms with van der Waals surface area (Å²) in [5, 5.41) is 2.94. The van der Waals surface area contributed by atoms with Crippen LogP contribution in [0.1, 0.15) is 34.8 Å². The van der Waals surface area contributed by atoms with Crippen molar-refractivity contribution in [1.29, 1.82) is 0 Å². The maximum Gasteiger partial charge on any atom is 0.338 e. The number of aromatic nitrogens is 2. The summed E-state index contributed by atoms with van der Waals surface area (Å²) in [4.78, 5) is 42.2. The van der Waals surface area contributed by atoms with Crippen LogP contribution in [0.15, 0.2) is 53.3 Å². The van der Waals surface area contributed by atoms with E-state index in [4.69, 9.17) is 10.5 Å². The van der Waals surface area contributed by atoms with Crippen LogP contribution in [0.2, 0.25) is 0 Å². The van der Waals surface area contributed by atoms with Crippen LogP contribution in [0.5, 0.6) is 0 Å². The van der Waals surface area contributed by atoms with Crippen LogP contribution in [0.25, 0.3) is 10.9 Å². The number of fused-ring (bicyclic) bond motifs is 1. The lowest BCUT2D eigenvalue weighted by Crippen LogP contribution is -2.28. The third-order valence-corrected chi connectivity index (χ3v) is 3.96. The molecule has 0 aliphatic rings. The summed E-state index contributed by atoms with van der Waals surface area (Å²) in [6.45, 7) is 1.90. The van der Waals surface area contributed by atoms with E-state index < -0.39 is 18.1 Å². The molecule has 0 unspecified atom stereocenters. The summed E-state index contributed by atoms with van der Waals surface area (Å²) in [5.41, 5.74) is 6.40. The Labute approximate surface area is 154 Å². The molecular weight excluding hydrogens is 348 g/mol. The van der Waals surface area contributed by atoms with E-state index in [1.54, 1.807) is 55.5 Å². The van der Waals surface area contributed by atoms with E-state index in [0.29, 0.717) is 16.5 Å². The first-order valence-corrected chi connectivity index (χ1v) is 8.26. The number of esters is 1. The predicted octanol–water partition coefficient (Wildman–Crippen LogP) is 2.01. The molecule has 0 spiro atoms. The highest BCUT2D eigenvalue weighted by Gasteiger charge is 2.17. The van der Waals surface area contributed by atoms with Gasteiger partial charge in [-0.15, -0.1) is 0 Å². The Morgan fingerprint density at radius 1 is 1.19 bits per heavy atom. The Balaban J connectivity index is 1.72. The van der Waals surface area contributed by atoms with E-state index in [1.165, 1.54) is 0 Å². The van der Waals surface area contributed by atoms with Crippen LogP contribution in [0.3, 0.4) is 0 Å². The summed E-state index contributed by atoms with van der Waals surface area (Å²) in [5.74, 6) is -0.276. The molecule has 27 heavy (non-hydrogen) atoms. The molecule has 0 saturated heterocycles. The average Bonchev–Trinajstić information content (AvgIpc) is 2.66. The highest BCUT2D eigenvalue weighted by Crippen LogP contribution is 2.17. The second-order valence-electron chi connectivity index (χ2n) is 5.93. The van der Waals surface area contributed by atoms with Crippen molar-refractivity contribution in [2.75, 3.05) is 0 Å². The molecule has 8 nitrogen and oxygen atoms in total. The zero-order chi connectivity index (χ0) is 19.4. The standard InChI is InChI=1S/C19H18N4O4/c1-11(16-22-15-5-3-2-4-14(15)17(24)23-16)27-18(25)13-8-6-12(7-9-13)10-21-19(20)26/h2-9,11H,10H2,1H3,(H3,20,21,26)(H,22,23,24)/t11-/m0/s1. The molecule has 0 aliphatic heterocycles. The van der Waals surface area contributed by atoms with Gasteiger partial charge in [0.25, 0.3) is 5.56 Å². The number of H-pyrrole nitrogens is 1. The number of carbonyl (C=O) groups is 2. The maximum absolute atomic E-state index is 12.3. The van der Waals surface area contributed by atoms with E-state index in [9.17, 15) is 14.4 Å². The highest BCUT2D eigenvalue weighted by molar-refractivity contribution is 5.89. The van der Waals surface area contributed by atoms with Crippen molar-refractivity contribution in [3.05, 3.63) is 75.8 Å². The summed E-state index contributed by atoms with van der Waals surface area (Å²) >= 11 is 0. The molecule has 2 amide bonds. The van der Waals surface area contributed by atoms with Crippen molar-refractivity contribution < 1.29 is 14.3 Å². The molecule has 1 aromatic heterocycles. The van der Waals surface area contributed by atoms with Crippen molar-refractivity contribution in [2.24, 2.45) is 5.73 Å². The van der Waals surface area contributed by atoms with Crippen LogP contribution >= 0.6 is 0 Å². The summed E-state index contributed by atoms with van der Waals surface area (Å²) in [6.07, 6.45) is -0.731. The number of nitrogens with one attached hydrogen (secondary N) is 2. The van der Waals surface area contributed by atoms with Crippen molar-refractivity contribution >= 4 is 22.9 Å². The quantitative estimate of drug-likeness (QED) is 0.595. The topological polar surface area (TPSA) is 127 Å². The first kappa shape index (κ1) is 18.1. The monoisotopic (exact) mass is 366 g/mol. The number of benzene rings is 2. The van der Waals surface area contributed by atoms with Crippen LogP contribution in [-0.2, 0) is 11.3 Å². The number of hydrogen-bond acceptors (Lipinski definition) is 5.